The van der Waals surface area contributed by atoms with Crippen LogP contribution in [0, 0.1) is 5.82 Å². The molecule has 0 bridgehead atoms. The SMILES string of the molecule is COc1nccc(C2=C(c3ccc(F)cc3)NCN2C2CCNCC2)n1. The fraction of sp³-hybridized carbons (Fsp3) is 0.368. The van der Waals surface area contributed by atoms with E-state index in [1.54, 1.807) is 25.4 Å². The standard InChI is InChI=1S/C19H22FN5O/c1-26-19-22-11-8-16(24-19)18-17(13-2-4-14(20)5-3-13)23-12-25(18)15-6-9-21-10-7-15/h2-5,8,11,15,21,23H,6-7,9-10,12H2,1H3. The van der Waals surface area contributed by atoms with Crippen LogP contribution in [0.15, 0.2) is 36.5 Å². The molecule has 2 N–H and O–H groups in total. The summed E-state index contributed by atoms with van der Waals surface area (Å²) in [4.78, 5) is 11.0. The molecule has 2 aliphatic rings. The van der Waals surface area contributed by atoms with Crippen molar-refractivity contribution >= 4 is 11.4 Å². The monoisotopic (exact) mass is 355 g/mol. The average molecular weight is 355 g/mol. The largest absolute Gasteiger partial charge is 0.467 e. The highest BCUT2D eigenvalue weighted by Crippen LogP contribution is 2.34. The predicted octanol–water partition coefficient (Wildman–Crippen LogP) is 2.06. The Morgan fingerprint density at radius 3 is 2.65 bits per heavy atom. The zero-order chi connectivity index (χ0) is 17.9. The van der Waals surface area contributed by atoms with E-state index in [1.165, 1.54) is 12.1 Å². The van der Waals surface area contributed by atoms with Crippen molar-refractivity contribution in [3.05, 3.63) is 53.6 Å². The molecule has 4 rings (SSSR count). The van der Waals surface area contributed by atoms with E-state index in [0.717, 1.165) is 48.6 Å². The summed E-state index contributed by atoms with van der Waals surface area (Å²) in [6.45, 7) is 2.72. The Morgan fingerprint density at radius 2 is 1.92 bits per heavy atom. The molecule has 1 saturated heterocycles. The van der Waals surface area contributed by atoms with Crippen LogP contribution in [0.3, 0.4) is 0 Å². The van der Waals surface area contributed by atoms with E-state index in [1.807, 2.05) is 6.07 Å². The topological polar surface area (TPSA) is 62.3 Å². The van der Waals surface area contributed by atoms with Crippen molar-refractivity contribution in [1.82, 2.24) is 25.5 Å². The molecule has 136 valence electrons. The van der Waals surface area contributed by atoms with Crippen molar-refractivity contribution in [3.8, 4) is 6.01 Å². The van der Waals surface area contributed by atoms with Gasteiger partial charge in [0.15, 0.2) is 0 Å². The van der Waals surface area contributed by atoms with Crippen LogP contribution in [0.4, 0.5) is 4.39 Å². The van der Waals surface area contributed by atoms with Gasteiger partial charge in [-0.3, -0.25) is 0 Å². The number of hydrogen-bond donors (Lipinski definition) is 2. The van der Waals surface area contributed by atoms with Crippen molar-refractivity contribution in [1.29, 1.82) is 0 Å². The van der Waals surface area contributed by atoms with Crippen molar-refractivity contribution in [3.63, 3.8) is 0 Å². The molecule has 0 radical (unpaired) electrons. The van der Waals surface area contributed by atoms with Gasteiger partial charge in [0, 0.05) is 17.8 Å². The van der Waals surface area contributed by atoms with E-state index < -0.39 is 0 Å². The summed E-state index contributed by atoms with van der Waals surface area (Å²) in [5.41, 5.74) is 3.73. The molecule has 0 atom stereocenters. The summed E-state index contributed by atoms with van der Waals surface area (Å²) >= 11 is 0. The lowest BCUT2D eigenvalue weighted by molar-refractivity contribution is 0.245. The van der Waals surface area contributed by atoms with Crippen LogP contribution >= 0.6 is 0 Å². The molecule has 0 unspecified atom stereocenters. The van der Waals surface area contributed by atoms with Gasteiger partial charge < -0.3 is 20.3 Å². The lowest BCUT2D eigenvalue weighted by Crippen LogP contribution is -2.42. The summed E-state index contributed by atoms with van der Waals surface area (Å²) in [5, 5.41) is 6.90. The molecule has 0 spiro atoms. The third-order valence-electron chi connectivity index (χ3n) is 4.89. The molecule has 0 saturated carbocycles. The Hall–Kier alpha value is -2.67. The van der Waals surface area contributed by atoms with Crippen molar-refractivity contribution < 1.29 is 9.13 Å². The van der Waals surface area contributed by atoms with Gasteiger partial charge in [-0.2, -0.15) is 4.98 Å². The number of rotatable bonds is 4. The summed E-state index contributed by atoms with van der Waals surface area (Å²) in [6, 6.07) is 9.21. The Bertz CT molecular complexity index is 802. The number of piperidine rings is 1. The van der Waals surface area contributed by atoms with E-state index in [-0.39, 0.29) is 5.82 Å². The molecule has 3 heterocycles. The minimum absolute atomic E-state index is 0.243. The van der Waals surface area contributed by atoms with Crippen molar-refractivity contribution in [2.24, 2.45) is 0 Å². The van der Waals surface area contributed by atoms with Gasteiger partial charge >= 0.3 is 6.01 Å². The van der Waals surface area contributed by atoms with Gasteiger partial charge in [0.1, 0.15) is 5.82 Å². The number of nitrogens with zero attached hydrogens (tertiary/aromatic N) is 3. The van der Waals surface area contributed by atoms with Crippen molar-refractivity contribution in [2.75, 3.05) is 26.9 Å². The maximum Gasteiger partial charge on any atom is 0.316 e. The maximum atomic E-state index is 13.4. The highest BCUT2D eigenvalue weighted by molar-refractivity contribution is 5.90. The first-order valence-electron chi connectivity index (χ1n) is 8.85. The number of benzene rings is 1. The second-order valence-corrected chi connectivity index (χ2v) is 6.44. The third-order valence-corrected chi connectivity index (χ3v) is 4.89. The first-order chi connectivity index (χ1) is 12.8. The Morgan fingerprint density at radius 1 is 1.15 bits per heavy atom. The number of nitrogens with one attached hydrogen (secondary N) is 2. The molecule has 1 aromatic heterocycles. The number of ether oxygens (including phenoxy) is 1. The van der Waals surface area contributed by atoms with E-state index in [9.17, 15) is 4.39 Å². The smallest absolute Gasteiger partial charge is 0.316 e. The van der Waals surface area contributed by atoms with Gasteiger partial charge in [-0.1, -0.05) is 0 Å². The highest BCUT2D eigenvalue weighted by atomic mass is 19.1. The zero-order valence-corrected chi connectivity index (χ0v) is 14.7. The molecule has 7 heteroatoms. The number of halogens is 1. The summed E-state index contributed by atoms with van der Waals surface area (Å²) in [5.74, 6) is -0.243. The Balaban J connectivity index is 1.79. The molecule has 0 aliphatic carbocycles. The minimum Gasteiger partial charge on any atom is -0.467 e. The highest BCUT2D eigenvalue weighted by Gasteiger charge is 2.31. The zero-order valence-electron chi connectivity index (χ0n) is 14.7. The summed E-state index contributed by atoms with van der Waals surface area (Å²) < 4.78 is 18.6. The van der Waals surface area contributed by atoms with Crippen LogP contribution in [0.25, 0.3) is 11.4 Å². The first-order valence-corrected chi connectivity index (χ1v) is 8.85. The number of aromatic nitrogens is 2. The summed E-state index contributed by atoms with van der Waals surface area (Å²) in [6.07, 6.45) is 3.85. The molecule has 1 aromatic carbocycles. The van der Waals surface area contributed by atoms with E-state index >= 15 is 0 Å². The van der Waals surface area contributed by atoms with E-state index in [2.05, 4.69) is 25.5 Å². The predicted molar refractivity (Wildman–Crippen MR) is 97.5 cm³/mol. The third kappa shape index (κ3) is 3.22. The minimum atomic E-state index is -0.243. The average Bonchev–Trinajstić information content (AvgIpc) is 3.14. The molecule has 26 heavy (non-hydrogen) atoms. The maximum absolute atomic E-state index is 13.4. The first kappa shape index (κ1) is 16.8. The second kappa shape index (κ2) is 7.29. The second-order valence-electron chi connectivity index (χ2n) is 6.44. The van der Waals surface area contributed by atoms with Gasteiger partial charge in [0.05, 0.1) is 30.9 Å². The number of hydrogen-bond acceptors (Lipinski definition) is 6. The van der Waals surface area contributed by atoms with Gasteiger partial charge in [0.25, 0.3) is 0 Å². The van der Waals surface area contributed by atoms with E-state index in [0.29, 0.717) is 18.7 Å². The van der Waals surface area contributed by atoms with Gasteiger partial charge in [-0.25, -0.2) is 9.37 Å². The number of methoxy groups -OCH3 is 1. The molecule has 1 fully saturated rings. The summed E-state index contributed by atoms with van der Waals surface area (Å²) in [7, 11) is 1.56. The quantitative estimate of drug-likeness (QED) is 0.876. The van der Waals surface area contributed by atoms with Crippen LogP contribution < -0.4 is 15.4 Å². The molecular weight excluding hydrogens is 333 g/mol. The van der Waals surface area contributed by atoms with Gasteiger partial charge in [-0.05, 0) is 56.3 Å². The Kier molecular flexibility index (Phi) is 4.71. The fourth-order valence-corrected chi connectivity index (χ4v) is 3.60. The molecule has 0 amide bonds. The van der Waals surface area contributed by atoms with Gasteiger partial charge in [0.2, 0.25) is 0 Å². The molecule has 6 nitrogen and oxygen atoms in total. The van der Waals surface area contributed by atoms with Crippen LogP contribution in [-0.4, -0.2) is 47.8 Å². The lowest BCUT2D eigenvalue weighted by Gasteiger charge is -2.34. The Labute approximate surface area is 152 Å². The molecule has 2 aliphatic heterocycles. The normalized spacial score (nSPS) is 18.2. The molecular formula is C19H22FN5O. The van der Waals surface area contributed by atoms with E-state index in [4.69, 9.17) is 4.74 Å². The van der Waals surface area contributed by atoms with Crippen LogP contribution in [0.2, 0.25) is 0 Å². The lowest BCUT2D eigenvalue weighted by atomic mass is 10.0. The van der Waals surface area contributed by atoms with Crippen molar-refractivity contribution in [2.45, 2.75) is 18.9 Å². The van der Waals surface area contributed by atoms with Crippen LogP contribution in [0.1, 0.15) is 24.1 Å². The van der Waals surface area contributed by atoms with Gasteiger partial charge in [-0.15, -0.1) is 0 Å². The van der Waals surface area contributed by atoms with Crippen LogP contribution in [0.5, 0.6) is 6.01 Å². The molecule has 2 aromatic rings. The fourth-order valence-electron chi connectivity index (χ4n) is 3.60. The van der Waals surface area contributed by atoms with Crippen LogP contribution in [-0.2, 0) is 0 Å².